The fourth-order valence-corrected chi connectivity index (χ4v) is 4.66. The Kier molecular flexibility index (Phi) is 4.72. The van der Waals surface area contributed by atoms with Gasteiger partial charge in [-0.15, -0.1) is 0 Å². The molecule has 0 spiro atoms. The maximum absolute atomic E-state index is 13.0. The first-order valence-corrected chi connectivity index (χ1v) is 8.65. The van der Waals surface area contributed by atoms with Crippen LogP contribution in [0.15, 0.2) is 17.0 Å². The number of morpholine rings is 1. The molecule has 0 saturated carbocycles. The van der Waals surface area contributed by atoms with Crippen LogP contribution in [0, 0.1) is 13.8 Å². The second-order valence-corrected chi connectivity index (χ2v) is 7.67. The molecule has 118 valence electrons. The lowest BCUT2D eigenvalue weighted by Gasteiger charge is -2.36. The zero-order valence-corrected chi connectivity index (χ0v) is 13.9. The van der Waals surface area contributed by atoms with Gasteiger partial charge in [0.1, 0.15) is 0 Å². The summed E-state index contributed by atoms with van der Waals surface area (Å²) in [5.41, 5.74) is 8.26. The first kappa shape index (κ1) is 16.4. The zero-order valence-electron chi connectivity index (χ0n) is 13.1. The van der Waals surface area contributed by atoms with Crippen LogP contribution in [-0.2, 0) is 21.3 Å². The van der Waals surface area contributed by atoms with Crippen LogP contribution < -0.4 is 5.73 Å². The van der Waals surface area contributed by atoms with Gasteiger partial charge in [-0.1, -0.05) is 6.07 Å². The summed E-state index contributed by atoms with van der Waals surface area (Å²) in [4.78, 5) is 0.365. The average molecular weight is 312 g/mol. The second-order valence-electron chi connectivity index (χ2n) is 5.81. The third kappa shape index (κ3) is 3.13. The Morgan fingerprint density at radius 3 is 2.62 bits per heavy atom. The molecule has 1 fully saturated rings. The molecule has 1 aliphatic heterocycles. The van der Waals surface area contributed by atoms with E-state index in [1.807, 2.05) is 33.8 Å². The fourth-order valence-electron chi connectivity index (χ4n) is 2.62. The van der Waals surface area contributed by atoms with Crippen molar-refractivity contribution in [2.75, 3.05) is 13.2 Å². The predicted molar refractivity (Wildman–Crippen MR) is 82.6 cm³/mol. The van der Waals surface area contributed by atoms with Gasteiger partial charge in [0.05, 0.1) is 17.6 Å². The lowest BCUT2D eigenvalue weighted by Crippen LogP contribution is -2.50. The van der Waals surface area contributed by atoms with Crippen molar-refractivity contribution in [3.8, 4) is 0 Å². The molecule has 21 heavy (non-hydrogen) atoms. The normalized spacial score (nSPS) is 24.2. The topological polar surface area (TPSA) is 72.6 Å². The Labute approximate surface area is 127 Å². The molecule has 0 aromatic heterocycles. The molecular weight excluding hydrogens is 288 g/mol. The van der Waals surface area contributed by atoms with Gasteiger partial charge in [-0.2, -0.15) is 4.31 Å². The van der Waals surface area contributed by atoms with Crippen LogP contribution in [-0.4, -0.2) is 38.0 Å². The SMILES string of the molecule is Cc1cc(CN)cc(S(=O)(=O)N2CC(C)OCC2C)c1C. The van der Waals surface area contributed by atoms with Gasteiger partial charge < -0.3 is 10.5 Å². The van der Waals surface area contributed by atoms with E-state index in [0.29, 0.717) is 24.6 Å². The van der Waals surface area contributed by atoms with Crippen LogP contribution in [0.3, 0.4) is 0 Å². The van der Waals surface area contributed by atoms with Crippen molar-refractivity contribution in [2.45, 2.75) is 51.3 Å². The van der Waals surface area contributed by atoms with E-state index < -0.39 is 10.0 Å². The van der Waals surface area contributed by atoms with Gasteiger partial charge in [0.2, 0.25) is 10.0 Å². The van der Waals surface area contributed by atoms with Gasteiger partial charge in [0.25, 0.3) is 0 Å². The molecule has 0 aliphatic carbocycles. The predicted octanol–water partition coefficient (Wildman–Crippen LogP) is 1.56. The number of hydrogen-bond acceptors (Lipinski definition) is 4. The molecule has 1 aromatic carbocycles. The Morgan fingerprint density at radius 1 is 1.33 bits per heavy atom. The molecule has 2 rings (SSSR count). The quantitative estimate of drug-likeness (QED) is 0.919. The van der Waals surface area contributed by atoms with Gasteiger partial charge in [0, 0.05) is 19.1 Å². The fraction of sp³-hybridized carbons (Fsp3) is 0.600. The van der Waals surface area contributed by atoms with Crippen molar-refractivity contribution in [2.24, 2.45) is 5.73 Å². The van der Waals surface area contributed by atoms with Crippen molar-refractivity contribution in [1.82, 2.24) is 4.31 Å². The minimum Gasteiger partial charge on any atom is -0.375 e. The van der Waals surface area contributed by atoms with Crippen molar-refractivity contribution < 1.29 is 13.2 Å². The second kappa shape index (κ2) is 6.04. The molecule has 1 heterocycles. The van der Waals surface area contributed by atoms with Gasteiger partial charge in [-0.25, -0.2) is 8.42 Å². The Balaban J connectivity index is 2.51. The van der Waals surface area contributed by atoms with Crippen LogP contribution in [0.1, 0.15) is 30.5 Å². The molecular formula is C15H24N2O3S. The highest BCUT2D eigenvalue weighted by atomic mass is 32.2. The molecule has 1 aromatic rings. The highest BCUT2D eigenvalue weighted by Gasteiger charge is 2.35. The van der Waals surface area contributed by atoms with E-state index >= 15 is 0 Å². The largest absolute Gasteiger partial charge is 0.375 e. The Hall–Kier alpha value is -0.950. The van der Waals surface area contributed by atoms with E-state index in [9.17, 15) is 8.42 Å². The molecule has 2 N–H and O–H groups in total. The molecule has 1 aliphatic rings. The Bertz CT molecular complexity index is 628. The van der Waals surface area contributed by atoms with Crippen LogP contribution in [0.4, 0.5) is 0 Å². The van der Waals surface area contributed by atoms with Gasteiger partial charge in [-0.05, 0) is 50.5 Å². The van der Waals surface area contributed by atoms with Crippen molar-refractivity contribution in [3.05, 3.63) is 28.8 Å². The summed E-state index contributed by atoms with van der Waals surface area (Å²) < 4.78 is 33.1. The van der Waals surface area contributed by atoms with Crippen LogP contribution in [0.2, 0.25) is 0 Å². The van der Waals surface area contributed by atoms with E-state index in [1.54, 1.807) is 10.4 Å². The van der Waals surface area contributed by atoms with Gasteiger partial charge in [-0.3, -0.25) is 0 Å². The van der Waals surface area contributed by atoms with Crippen molar-refractivity contribution in [1.29, 1.82) is 0 Å². The van der Waals surface area contributed by atoms with E-state index in [0.717, 1.165) is 16.7 Å². The summed E-state index contributed by atoms with van der Waals surface area (Å²) in [7, 11) is -3.53. The molecule has 0 bridgehead atoms. The van der Waals surface area contributed by atoms with E-state index in [4.69, 9.17) is 10.5 Å². The smallest absolute Gasteiger partial charge is 0.243 e. The van der Waals surface area contributed by atoms with E-state index in [1.165, 1.54) is 0 Å². The number of sulfonamides is 1. The number of ether oxygens (including phenoxy) is 1. The molecule has 0 amide bonds. The highest BCUT2D eigenvalue weighted by molar-refractivity contribution is 7.89. The molecule has 0 radical (unpaired) electrons. The molecule has 2 unspecified atom stereocenters. The third-order valence-corrected chi connectivity index (χ3v) is 6.16. The zero-order chi connectivity index (χ0) is 15.8. The first-order chi connectivity index (χ1) is 9.77. The van der Waals surface area contributed by atoms with E-state index in [-0.39, 0.29) is 12.1 Å². The lowest BCUT2D eigenvalue weighted by molar-refractivity contribution is -0.0170. The summed E-state index contributed by atoms with van der Waals surface area (Å²) in [5, 5.41) is 0. The number of rotatable bonds is 3. The summed E-state index contributed by atoms with van der Waals surface area (Å²) >= 11 is 0. The van der Waals surface area contributed by atoms with Crippen molar-refractivity contribution in [3.63, 3.8) is 0 Å². The molecule has 6 heteroatoms. The van der Waals surface area contributed by atoms with Gasteiger partial charge in [0.15, 0.2) is 0 Å². The minimum absolute atomic E-state index is 0.0879. The standard InChI is InChI=1S/C15H24N2O3S/c1-10-5-14(7-16)6-15(13(10)4)21(18,19)17-8-12(3)20-9-11(17)2/h5-6,11-12H,7-9,16H2,1-4H3. The maximum Gasteiger partial charge on any atom is 0.243 e. The Morgan fingerprint density at radius 2 is 2.00 bits per heavy atom. The van der Waals surface area contributed by atoms with Crippen LogP contribution in [0.5, 0.6) is 0 Å². The van der Waals surface area contributed by atoms with Crippen molar-refractivity contribution >= 4 is 10.0 Å². The summed E-state index contributed by atoms with van der Waals surface area (Å²) in [6, 6.07) is 3.48. The number of benzene rings is 1. The van der Waals surface area contributed by atoms with E-state index in [2.05, 4.69) is 0 Å². The van der Waals surface area contributed by atoms with Crippen LogP contribution >= 0.6 is 0 Å². The number of nitrogens with two attached hydrogens (primary N) is 1. The minimum atomic E-state index is -3.53. The highest BCUT2D eigenvalue weighted by Crippen LogP contribution is 2.27. The number of aryl methyl sites for hydroxylation is 1. The third-order valence-electron chi connectivity index (χ3n) is 4.05. The summed E-state index contributed by atoms with van der Waals surface area (Å²) in [6.45, 7) is 8.67. The monoisotopic (exact) mass is 312 g/mol. The number of nitrogens with zero attached hydrogens (tertiary/aromatic N) is 1. The van der Waals surface area contributed by atoms with Gasteiger partial charge >= 0.3 is 0 Å². The van der Waals surface area contributed by atoms with Crippen LogP contribution in [0.25, 0.3) is 0 Å². The first-order valence-electron chi connectivity index (χ1n) is 7.21. The lowest BCUT2D eigenvalue weighted by atomic mass is 10.1. The summed E-state index contributed by atoms with van der Waals surface area (Å²) in [6.07, 6.45) is -0.0879. The average Bonchev–Trinajstić information content (AvgIpc) is 2.43. The molecule has 2 atom stereocenters. The molecule has 5 nitrogen and oxygen atoms in total. The molecule has 1 saturated heterocycles. The maximum atomic E-state index is 13.0. The summed E-state index contributed by atoms with van der Waals surface area (Å²) in [5.74, 6) is 0. The number of hydrogen-bond donors (Lipinski definition) is 1.